The molecule has 2 heterocycles. The van der Waals surface area contributed by atoms with Crippen LogP contribution in [-0.2, 0) is 17.1 Å². The molecule has 1 aromatic heterocycles. The van der Waals surface area contributed by atoms with Crippen molar-refractivity contribution in [2.24, 2.45) is 0 Å². The number of methoxy groups -OCH3 is 1. The zero-order valence-corrected chi connectivity index (χ0v) is 16.6. The summed E-state index contributed by atoms with van der Waals surface area (Å²) in [5.74, 6) is 2.09. The lowest BCUT2D eigenvalue weighted by atomic mass is 10.1. The summed E-state index contributed by atoms with van der Waals surface area (Å²) in [6.45, 7) is 0.684. The van der Waals surface area contributed by atoms with E-state index in [-0.39, 0.29) is 12.4 Å². The highest BCUT2D eigenvalue weighted by Gasteiger charge is 2.17. The number of aromatic nitrogens is 2. The van der Waals surface area contributed by atoms with Crippen molar-refractivity contribution in [3.05, 3.63) is 69.0 Å². The van der Waals surface area contributed by atoms with Gasteiger partial charge in [0.05, 0.1) is 19.4 Å². The van der Waals surface area contributed by atoms with Crippen molar-refractivity contribution in [3.63, 3.8) is 0 Å². The van der Waals surface area contributed by atoms with Gasteiger partial charge in [-0.15, -0.1) is 0 Å². The molecule has 0 saturated heterocycles. The van der Waals surface area contributed by atoms with Crippen molar-refractivity contribution in [1.82, 2.24) is 9.97 Å². The van der Waals surface area contributed by atoms with Crippen molar-refractivity contribution in [1.29, 1.82) is 0 Å². The maximum absolute atomic E-state index is 12.1. The number of rotatable bonds is 5. The average Bonchev–Trinajstić information content (AvgIpc) is 2.71. The van der Waals surface area contributed by atoms with Crippen LogP contribution in [0.15, 0.2) is 52.4 Å². The number of H-pyrrole nitrogens is 1. The molecule has 0 saturated carbocycles. The molecule has 2 aromatic carbocycles. The first kappa shape index (κ1) is 18.9. The lowest BCUT2D eigenvalue weighted by Gasteiger charge is -2.21. The highest BCUT2D eigenvalue weighted by molar-refractivity contribution is 7.98. The zero-order chi connectivity index (χ0) is 19.5. The highest BCUT2D eigenvalue weighted by Crippen LogP contribution is 2.35. The predicted molar refractivity (Wildman–Crippen MR) is 108 cm³/mol. The molecular weight excluding hydrogens is 400 g/mol. The third kappa shape index (κ3) is 4.16. The zero-order valence-electron chi connectivity index (χ0n) is 15.0. The maximum Gasteiger partial charge on any atom is 0.252 e. The monoisotopic (exact) mass is 416 g/mol. The van der Waals surface area contributed by atoms with Gasteiger partial charge in [-0.3, -0.25) is 4.79 Å². The summed E-state index contributed by atoms with van der Waals surface area (Å²) >= 11 is 7.63. The van der Waals surface area contributed by atoms with E-state index in [1.165, 1.54) is 17.8 Å². The lowest BCUT2D eigenvalue weighted by molar-refractivity contribution is -0.0168. The number of benzene rings is 2. The van der Waals surface area contributed by atoms with Crippen LogP contribution in [-0.4, -0.2) is 23.9 Å². The van der Waals surface area contributed by atoms with Gasteiger partial charge in [-0.2, -0.15) is 0 Å². The molecule has 6 nitrogen and oxygen atoms in total. The molecule has 0 bridgehead atoms. The molecule has 0 aliphatic carbocycles. The molecule has 0 unspecified atom stereocenters. The number of nitrogens with one attached hydrogen (secondary N) is 1. The van der Waals surface area contributed by atoms with Crippen molar-refractivity contribution in [2.75, 3.05) is 13.9 Å². The normalized spacial score (nSPS) is 12.9. The van der Waals surface area contributed by atoms with E-state index in [1.807, 2.05) is 36.4 Å². The number of hydrogen-bond donors (Lipinski definition) is 1. The third-order valence-corrected chi connectivity index (χ3v) is 5.36. The molecule has 0 amide bonds. The first-order valence-electron chi connectivity index (χ1n) is 8.53. The Kier molecular flexibility index (Phi) is 5.57. The molecule has 8 heteroatoms. The molecule has 144 valence electrons. The molecule has 0 atom stereocenters. The van der Waals surface area contributed by atoms with Gasteiger partial charge in [-0.1, -0.05) is 23.4 Å². The van der Waals surface area contributed by atoms with E-state index in [4.69, 9.17) is 25.8 Å². The quantitative estimate of drug-likeness (QED) is 0.495. The predicted octanol–water partition coefficient (Wildman–Crippen LogP) is 4.26. The molecule has 28 heavy (non-hydrogen) atoms. The van der Waals surface area contributed by atoms with Crippen LogP contribution in [0.2, 0.25) is 5.02 Å². The number of hydrogen-bond acceptors (Lipinski definition) is 6. The van der Waals surface area contributed by atoms with E-state index in [0.29, 0.717) is 28.2 Å². The Labute approximate surface area is 170 Å². The van der Waals surface area contributed by atoms with Crippen LogP contribution < -0.4 is 15.0 Å². The molecule has 1 aliphatic rings. The van der Waals surface area contributed by atoms with Crippen LogP contribution in [0.25, 0.3) is 11.3 Å². The Morgan fingerprint density at radius 2 is 2.07 bits per heavy atom. The standard InChI is InChI=1S/C20H17ClN2O4S/c1-25-16-4-2-12(3-5-16)17-8-18(24)23-20(22-17)28-10-14-7-15(21)6-13-9-26-11-27-19(13)14/h2-8H,9-11H2,1H3,(H,22,23,24). The number of fused-ring (bicyclic) bond motifs is 1. The fraction of sp³-hybridized carbons (Fsp3) is 0.200. The second kappa shape index (κ2) is 8.26. The molecule has 3 aromatic rings. The van der Waals surface area contributed by atoms with Crippen LogP contribution in [0.5, 0.6) is 11.5 Å². The van der Waals surface area contributed by atoms with Gasteiger partial charge >= 0.3 is 0 Å². The molecule has 0 spiro atoms. The fourth-order valence-electron chi connectivity index (χ4n) is 2.92. The van der Waals surface area contributed by atoms with Crippen LogP contribution in [0, 0.1) is 0 Å². The summed E-state index contributed by atoms with van der Waals surface area (Å²) in [5, 5.41) is 1.15. The van der Waals surface area contributed by atoms with Crippen molar-refractivity contribution < 1.29 is 14.2 Å². The molecule has 0 fully saturated rings. The van der Waals surface area contributed by atoms with Crippen molar-refractivity contribution >= 4 is 23.4 Å². The summed E-state index contributed by atoms with van der Waals surface area (Å²) in [6, 6.07) is 12.6. The number of aromatic amines is 1. The number of nitrogens with zero attached hydrogens (tertiary/aromatic N) is 1. The third-order valence-electron chi connectivity index (χ3n) is 4.22. The minimum atomic E-state index is -0.207. The molecule has 0 radical (unpaired) electrons. The largest absolute Gasteiger partial charge is 0.497 e. The second-order valence-electron chi connectivity index (χ2n) is 6.12. The molecule has 1 aliphatic heterocycles. The Hall–Kier alpha value is -2.48. The Morgan fingerprint density at radius 1 is 1.25 bits per heavy atom. The first-order chi connectivity index (χ1) is 13.6. The number of halogens is 1. The average molecular weight is 417 g/mol. The highest BCUT2D eigenvalue weighted by atomic mass is 35.5. The number of ether oxygens (including phenoxy) is 3. The van der Waals surface area contributed by atoms with Crippen LogP contribution in [0.4, 0.5) is 0 Å². The molecular formula is C20H17ClN2O4S. The maximum atomic E-state index is 12.1. The van der Waals surface area contributed by atoms with E-state index < -0.39 is 0 Å². The summed E-state index contributed by atoms with van der Waals surface area (Å²) < 4.78 is 16.1. The van der Waals surface area contributed by atoms with Gasteiger partial charge < -0.3 is 19.2 Å². The van der Waals surface area contributed by atoms with Crippen molar-refractivity contribution in [2.45, 2.75) is 17.5 Å². The molecule has 1 N–H and O–H groups in total. The van der Waals surface area contributed by atoms with E-state index in [1.54, 1.807) is 7.11 Å². The van der Waals surface area contributed by atoms with E-state index in [2.05, 4.69) is 9.97 Å². The van der Waals surface area contributed by atoms with Crippen LogP contribution >= 0.6 is 23.4 Å². The Morgan fingerprint density at radius 3 is 2.86 bits per heavy atom. The lowest BCUT2D eigenvalue weighted by Crippen LogP contribution is -2.13. The topological polar surface area (TPSA) is 73.4 Å². The summed E-state index contributed by atoms with van der Waals surface area (Å²) in [7, 11) is 1.61. The Bertz CT molecular complexity index is 1050. The van der Waals surface area contributed by atoms with Gasteiger partial charge in [0.1, 0.15) is 11.5 Å². The van der Waals surface area contributed by atoms with E-state index in [0.717, 1.165) is 28.2 Å². The summed E-state index contributed by atoms with van der Waals surface area (Å²) in [6.07, 6.45) is 0. The fourth-order valence-corrected chi connectivity index (χ4v) is 4.03. The second-order valence-corrected chi connectivity index (χ2v) is 7.52. The van der Waals surface area contributed by atoms with Gasteiger partial charge in [-0.25, -0.2) is 4.98 Å². The van der Waals surface area contributed by atoms with Gasteiger partial charge in [0.15, 0.2) is 11.9 Å². The summed E-state index contributed by atoms with van der Waals surface area (Å²) in [4.78, 5) is 19.5. The SMILES string of the molecule is COc1ccc(-c2cc(=O)[nH]c(SCc3cc(Cl)cc4c3OCOC4)n2)cc1. The minimum absolute atomic E-state index is 0.207. The van der Waals surface area contributed by atoms with Gasteiger partial charge in [0, 0.05) is 33.5 Å². The first-order valence-corrected chi connectivity index (χ1v) is 9.89. The smallest absolute Gasteiger partial charge is 0.252 e. The van der Waals surface area contributed by atoms with Gasteiger partial charge in [-0.05, 0) is 36.4 Å². The van der Waals surface area contributed by atoms with Crippen LogP contribution in [0.3, 0.4) is 0 Å². The van der Waals surface area contributed by atoms with E-state index in [9.17, 15) is 4.79 Å². The van der Waals surface area contributed by atoms with Crippen molar-refractivity contribution in [3.8, 4) is 22.8 Å². The summed E-state index contributed by atoms with van der Waals surface area (Å²) in [5.41, 5.74) is 3.10. The van der Waals surface area contributed by atoms with E-state index >= 15 is 0 Å². The Balaban J connectivity index is 1.58. The van der Waals surface area contributed by atoms with Crippen LogP contribution in [0.1, 0.15) is 11.1 Å². The van der Waals surface area contributed by atoms with Gasteiger partial charge in [0.2, 0.25) is 0 Å². The van der Waals surface area contributed by atoms with Gasteiger partial charge in [0.25, 0.3) is 5.56 Å². The molecule has 4 rings (SSSR count). The minimum Gasteiger partial charge on any atom is -0.497 e. The number of thioether (sulfide) groups is 1.